The molecule has 1 aliphatic carbocycles. The topological polar surface area (TPSA) is 64.6 Å². The van der Waals surface area contributed by atoms with Crippen molar-refractivity contribution in [3.63, 3.8) is 0 Å². The average molecular weight is 381 g/mol. The van der Waals surface area contributed by atoms with E-state index < -0.39 is 22.1 Å². The average Bonchev–Trinajstić information content (AvgIpc) is 2.52. The largest absolute Gasteiger partial charge is 0.573 e. The fraction of sp³-hybridized carbons (Fsp3) is 0.625. The monoisotopic (exact) mass is 381 g/mol. The maximum absolute atomic E-state index is 12.1. The Hall–Kier alpha value is -1.32. The van der Waals surface area contributed by atoms with Gasteiger partial charge < -0.3 is 9.47 Å². The maximum Gasteiger partial charge on any atom is 0.573 e. The molecule has 1 saturated carbocycles. The molecule has 142 valence electrons. The highest BCUT2D eigenvalue weighted by Crippen LogP contribution is 2.26. The van der Waals surface area contributed by atoms with Crippen LogP contribution in [0.25, 0.3) is 0 Å². The Morgan fingerprint density at radius 2 is 1.80 bits per heavy atom. The molecule has 0 aliphatic heterocycles. The van der Waals surface area contributed by atoms with Crippen molar-refractivity contribution < 1.29 is 31.1 Å². The van der Waals surface area contributed by atoms with Crippen LogP contribution in [0.2, 0.25) is 0 Å². The van der Waals surface area contributed by atoms with Gasteiger partial charge >= 0.3 is 6.36 Å². The third-order valence-corrected chi connectivity index (χ3v) is 5.60. The van der Waals surface area contributed by atoms with Crippen LogP contribution in [0.5, 0.6) is 5.75 Å². The summed E-state index contributed by atoms with van der Waals surface area (Å²) in [6.45, 7) is 2.48. The molecule has 9 heteroatoms. The van der Waals surface area contributed by atoms with E-state index in [0.717, 1.165) is 43.5 Å². The van der Waals surface area contributed by atoms with E-state index >= 15 is 0 Å². The van der Waals surface area contributed by atoms with Crippen LogP contribution >= 0.6 is 0 Å². The summed E-state index contributed by atoms with van der Waals surface area (Å²) in [5.74, 6) is -0.00685. The van der Waals surface area contributed by atoms with E-state index in [0.29, 0.717) is 5.92 Å². The van der Waals surface area contributed by atoms with Gasteiger partial charge in [-0.1, -0.05) is 19.8 Å². The normalized spacial score (nSPS) is 21.9. The van der Waals surface area contributed by atoms with E-state index in [2.05, 4.69) is 16.4 Å². The molecule has 25 heavy (non-hydrogen) atoms. The molecule has 1 N–H and O–H groups in total. The molecule has 0 saturated heterocycles. The van der Waals surface area contributed by atoms with Crippen molar-refractivity contribution in [1.29, 1.82) is 0 Å². The van der Waals surface area contributed by atoms with Crippen LogP contribution in [0.1, 0.15) is 32.6 Å². The zero-order valence-electron chi connectivity index (χ0n) is 13.9. The van der Waals surface area contributed by atoms with Gasteiger partial charge in [-0.2, -0.15) is 0 Å². The van der Waals surface area contributed by atoms with Crippen LogP contribution in [0.15, 0.2) is 29.2 Å². The SMILES string of the molecule is C[C@H]1CCCC[C@@H]1OCCNS(=O)(=O)c1ccc(OC(F)(F)F)cc1. The van der Waals surface area contributed by atoms with E-state index in [1.54, 1.807) is 0 Å². The first kappa shape index (κ1) is 20.0. The lowest BCUT2D eigenvalue weighted by molar-refractivity contribution is -0.274. The van der Waals surface area contributed by atoms with Crippen LogP contribution in [-0.2, 0) is 14.8 Å². The van der Waals surface area contributed by atoms with Gasteiger partial charge in [-0.25, -0.2) is 13.1 Å². The summed E-state index contributed by atoms with van der Waals surface area (Å²) >= 11 is 0. The molecule has 0 bridgehead atoms. The van der Waals surface area contributed by atoms with Gasteiger partial charge in [0.15, 0.2) is 0 Å². The Kier molecular flexibility index (Phi) is 6.70. The number of halogens is 3. The molecule has 0 heterocycles. The minimum absolute atomic E-state index is 0.104. The van der Waals surface area contributed by atoms with Gasteiger partial charge in [0.1, 0.15) is 5.75 Å². The summed E-state index contributed by atoms with van der Waals surface area (Å²) < 4.78 is 72.3. The molecule has 2 atom stereocenters. The summed E-state index contributed by atoms with van der Waals surface area (Å²) in [5, 5.41) is 0. The number of benzene rings is 1. The second kappa shape index (κ2) is 8.37. The number of alkyl halides is 3. The van der Waals surface area contributed by atoms with E-state index in [1.165, 1.54) is 6.42 Å². The Balaban J connectivity index is 1.82. The van der Waals surface area contributed by atoms with Gasteiger partial charge in [0.05, 0.1) is 17.6 Å². The predicted octanol–water partition coefficient (Wildman–Crippen LogP) is 3.46. The third kappa shape index (κ3) is 6.48. The highest BCUT2D eigenvalue weighted by Gasteiger charge is 2.31. The number of sulfonamides is 1. The van der Waals surface area contributed by atoms with Crippen molar-refractivity contribution in [2.24, 2.45) is 5.92 Å². The van der Waals surface area contributed by atoms with Crippen LogP contribution in [-0.4, -0.2) is 34.0 Å². The minimum Gasteiger partial charge on any atom is -0.406 e. The van der Waals surface area contributed by atoms with Crippen molar-refractivity contribution in [3.05, 3.63) is 24.3 Å². The van der Waals surface area contributed by atoms with Gasteiger partial charge in [-0.05, 0) is 43.0 Å². The zero-order valence-corrected chi connectivity index (χ0v) is 14.7. The molecule has 0 spiro atoms. The first-order valence-electron chi connectivity index (χ1n) is 8.14. The van der Waals surface area contributed by atoms with Crippen molar-refractivity contribution in [2.45, 2.75) is 50.0 Å². The molecule has 1 aliphatic rings. The lowest BCUT2D eigenvalue weighted by Gasteiger charge is -2.28. The first-order valence-corrected chi connectivity index (χ1v) is 9.63. The quantitative estimate of drug-likeness (QED) is 0.735. The number of ether oxygens (including phenoxy) is 2. The number of nitrogens with one attached hydrogen (secondary N) is 1. The van der Waals surface area contributed by atoms with Gasteiger partial charge in [0.25, 0.3) is 0 Å². The van der Waals surface area contributed by atoms with Gasteiger partial charge in [0.2, 0.25) is 10.0 Å². The molecule has 5 nitrogen and oxygen atoms in total. The van der Waals surface area contributed by atoms with Crippen molar-refractivity contribution in [1.82, 2.24) is 4.72 Å². The Labute approximate surface area is 145 Å². The second-order valence-corrected chi connectivity index (χ2v) is 7.85. The molecular weight excluding hydrogens is 359 g/mol. The summed E-state index contributed by atoms with van der Waals surface area (Å²) in [5.41, 5.74) is 0. The predicted molar refractivity (Wildman–Crippen MR) is 85.7 cm³/mol. The molecule has 1 aromatic carbocycles. The van der Waals surface area contributed by atoms with Crippen LogP contribution in [0.3, 0.4) is 0 Å². The molecular formula is C16H22F3NO4S. The number of hydrogen-bond donors (Lipinski definition) is 1. The Bertz CT molecular complexity index is 646. The van der Waals surface area contributed by atoms with Crippen molar-refractivity contribution in [2.75, 3.05) is 13.2 Å². The van der Waals surface area contributed by atoms with E-state index in [4.69, 9.17) is 4.74 Å². The second-order valence-electron chi connectivity index (χ2n) is 6.09. The first-order chi connectivity index (χ1) is 11.7. The minimum atomic E-state index is -4.81. The van der Waals surface area contributed by atoms with E-state index in [-0.39, 0.29) is 24.2 Å². The molecule has 0 aromatic heterocycles. The maximum atomic E-state index is 12.1. The van der Waals surface area contributed by atoms with Crippen LogP contribution in [0.4, 0.5) is 13.2 Å². The summed E-state index contributed by atoms with van der Waals surface area (Å²) in [6.07, 6.45) is -0.254. The van der Waals surface area contributed by atoms with E-state index in [1.807, 2.05) is 0 Å². The smallest absolute Gasteiger partial charge is 0.406 e. The summed E-state index contributed by atoms with van der Waals surface area (Å²) in [4.78, 5) is -0.131. The van der Waals surface area contributed by atoms with Gasteiger partial charge in [-0.3, -0.25) is 0 Å². The molecule has 1 aromatic rings. The van der Waals surface area contributed by atoms with Crippen LogP contribution < -0.4 is 9.46 Å². The lowest BCUT2D eigenvalue weighted by Crippen LogP contribution is -2.31. The summed E-state index contributed by atoms with van der Waals surface area (Å²) in [6, 6.07) is 4.05. The Morgan fingerprint density at radius 3 is 2.40 bits per heavy atom. The fourth-order valence-electron chi connectivity index (χ4n) is 2.82. The number of hydrogen-bond acceptors (Lipinski definition) is 4. The molecule has 1 fully saturated rings. The van der Waals surface area contributed by atoms with Gasteiger partial charge in [0, 0.05) is 6.54 Å². The number of rotatable bonds is 7. The zero-order chi connectivity index (χ0) is 18.5. The van der Waals surface area contributed by atoms with Gasteiger partial charge in [-0.15, -0.1) is 13.2 Å². The molecule has 0 radical (unpaired) electrons. The van der Waals surface area contributed by atoms with Crippen LogP contribution in [0, 0.1) is 5.92 Å². The summed E-state index contributed by atoms with van der Waals surface area (Å²) in [7, 11) is -3.80. The standard InChI is InChI=1S/C16H22F3NO4S/c1-12-4-2-3-5-15(12)23-11-10-20-25(21,22)14-8-6-13(7-9-14)24-16(17,18)19/h6-9,12,15,20H,2-5,10-11H2,1H3/t12-,15-/m0/s1. The van der Waals surface area contributed by atoms with E-state index in [9.17, 15) is 21.6 Å². The highest BCUT2D eigenvalue weighted by atomic mass is 32.2. The van der Waals surface area contributed by atoms with Crippen molar-refractivity contribution >= 4 is 10.0 Å². The highest BCUT2D eigenvalue weighted by molar-refractivity contribution is 7.89. The fourth-order valence-corrected chi connectivity index (χ4v) is 3.83. The van der Waals surface area contributed by atoms with Crippen molar-refractivity contribution in [3.8, 4) is 5.75 Å². The molecule has 0 amide bonds. The Morgan fingerprint density at radius 1 is 1.16 bits per heavy atom. The molecule has 0 unspecified atom stereocenters. The third-order valence-electron chi connectivity index (χ3n) is 4.13. The lowest BCUT2D eigenvalue weighted by atomic mass is 9.88. The molecule has 2 rings (SSSR count).